The third-order valence-corrected chi connectivity index (χ3v) is 3.08. The number of rotatable bonds is 4. The third kappa shape index (κ3) is 3.14. The Kier molecular flexibility index (Phi) is 4.43. The minimum atomic E-state index is -0.704. The summed E-state index contributed by atoms with van der Waals surface area (Å²) in [5.74, 6) is -1.20. The van der Waals surface area contributed by atoms with Crippen LogP contribution in [0.2, 0.25) is 0 Å². The summed E-state index contributed by atoms with van der Waals surface area (Å²) in [6, 6.07) is 5.12. The van der Waals surface area contributed by atoms with Crippen molar-refractivity contribution in [1.82, 2.24) is 10.2 Å². The fraction of sp³-hybridized carbons (Fsp3) is 0.267. The molecule has 0 aliphatic carbocycles. The minimum absolute atomic E-state index is 0.185. The van der Waals surface area contributed by atoms with Gasteiger partial charge in [0.15, 0.2) is 5.82 Å². The Labute approximate surface area is 121 Å². The lowest BCUT2D eigenvalue weighted by Gasteiger charge is -2.12. The number of hydrogen-bond donors (Lipinski definition) is 1. The summed E-state index contributed by atoms with van der Waals surface area (Å²) < 4.78 is 26.4. The van der Waals surface area contributed by atoms with Crippen LogP contribution in [0.3, 0.4) is 0 Å². The molecule has 1 aromatic carbocycles. The largest absolute Gasteiger partial charge is 0.337 e. The molecule has 0 aliphatic heterocycles. The van der Waals surface area contributed by atoms with E-state index < -0.39 is 11.6 Å². The molecule has 0 saturated carbocycles. The Hall–Kier alpha value is -2.55. The number of aryl methyl sites for hydroxylation is 1. The van der Waals surface area contributed by atoms with Crippen LogP contribution in [-0.4, -0.2) is 10.2 Å². The number of halogens is 2. The second-order valence-electron chi connectivity index (χ2n) is 4.45. The van der Waals surface area contributed by atoms with Gasteiger partial charge in [0.2, 0.25) is 0 Å². The van der Waals surface area contributed by atoms with Gasteiger partial charge in [-0.25, -0.2) is 8.78 Å². The van der Waals surface area contributed by atoms with Crippen molar-refractivity contribution in [1.29, 1.82) is 5.26 Å². The molecule has 1 aromatic heterocycles. The Balaban J connectivity index is 2.47. The minimum Gasteiger partial charge on any atom is -0.337 e. The van der Waals surface area contributed by atoms with Crippen molar-refractivity contribution >= 4 is 11.5 Å². The van der Waals surface area contributed by atoms with E-state index in [1.54, 1.807) is 0 Å². The van der Waals surface area contributed by atoms with E-state index in [9.17, 15) is 14.0 Å². The summed E-state index contributed by atoms with van der Waals surface area (Å²) in [6.07, 6.45) is 1.30. The lowest BCUT2D eigenvalue weighted by molar-refractivity contribution is 0.584. The normalized spacial score (nSPS) is 10.2. The number of nitrogens with zero attached hydrogens (tertiary/aromatic N) is 3. The van der Waals surface area contributed by atoms with Crippen LogP contribution in [0.15, 0.2) is 18.2 Å². The van der Waals surface area contributed by atoms with Crippen molar-refractivity contribution in [2.24, 2.45) is 0 Å². The lowest BCUT2D eigenvalue weighted by atomic mass is 10.0. The van der Waals surface area contributed by atoms with Crippen molar-refractivity contribution in [2.75, 3.05) is 5.32 Å². The van der Waals surface area contributed by atoms with Gasteiger partial charge < -0.3 is 5.32 Å². The zero-order chi connectivity index (χ0) is 15.4. The third-order valence-electron chi connectivity index (χ3n) is 3.08. The van der Waals surface area contributed by atoms with E-state index in [-0.39, 0.29) is 11.5 Å². The van der Waals surface area contributed by atoms with Crippen LogP contribution in [-0.2, 0) is 12.8 Å². The predicted molar refractivity (Wildman–Crippen MR) is 75.1 cm³/mol. The highest BCUT2D eigenvalue weighted by molar-refractivity contribution is 5.64. The molecule has 1 heterocycles. The summed E-state index contributed by atoms with van der Waals surface area (Å²) >= 11 is 0. The van der Waals surface area contributed by atoms with Crippen LogP contribution >= 0.6 is 0 Å². The maximum Gasteiger partial charge on any atom is 0.171 e. The van der Waals surface area contributed by atoms with Crippen LogP contribution < -0.4 is 5.32 Å². The van der Waals surface area contributed by atoms with Gasteiger partial charge in [0, 0.05) is 11.8 Å². The molecule has 4 nitrogen and oxygen atoms in total. The summed E-state index contributed by atoms with van der Waals surface area (Å²) in [4.78, 5) is 0. The van der Waals surface area contributed by atoms with Crippen molar-refractivity contribution in [3.8, 4) is 6.07 Å². The Morgan fingerprint density at radius 2 is 1.76 bits per heavy atom. The molecule has 108 valence electrons. The fourth-order valence-corrected chi connectivity index (χ4v) is 2.14. The summed E-state index contributed by atoms with van der Waals surface area (Å²) in [7, 11) is 0. The average Bonchev–Trinajstić information content (AvgIpc) is 2.45. The zero-order valence-corrected chi connectivity index (χ0v) is 11.7. The van der Waals surface area contributed by atoms with Gasteiger partial charge in [0.25, 0.3) is 0 Å². The quantitative estimate of drug-likeness (QED) is 0.935. The molecule has 0 saturated heterocycles. The number of benzene rings is 1. The SMILES string of the molecule is CCc1nnc(Nc2cc(F)cc(F)c2)c(C#N)c1CC. The Morgan fingerprint density at radius 3 is 2.29 bits per heavy atom. The summed E-state index contributed by atoms with van der Waals surface area (Å²) in [5, 5.41) is 20.1. The topological polar surface area (TPSA) is 61.6 Å². The second kappa shape index (κ2) is 6.27. The van der Waals surface area contributed by atoms with E-state index in [1.807, 2.05) is 13.8 Å². The molecule has 0 atom stereocenters. The van der Waals surface area contributed by atoms with Gasteiger partial charge in [-0.2, -0.15) is 10.4 Å². The van der Waals surface area contributed by atoms with Gasteiger partial charge in [-0.3, -0.25) is 0 Å². The molecule has 0 unspecified atom stereocenters. The smallest absolute Gasteiger partial charge is 0.171 e. The fourth-order valence-electron chi connectivity index (χ4n) is 2.14. The molecular formula is C15H14F2N4. The summed E-state index contributed by atoms with van der Waals surface area (Å²) in [5.41, 5.74) is 2.10. The van der Waals surface area contributed by atoms with E-state index in [0.29, 0.717) is 18.4 Å². The van der Waals surface area contributed by atoms with E-state index >= 15 is 0 Å². The number of nitrogens with one attached hydrogen (secondary N) is 1. The van der Waals surface area contributed by atoms with Crippen LogP contribution in [0.25, 0.3) is 0 Å². The molecule has 6 heteroatoms. The first-order valence-electron chi connectivity index (χ1n) is 6.60. The van der Waals surface area contributed by atoms with Crippen molar-refractivity contribution < 1.29 is 8.78 Å². The highest BCUT2D eigenvalue weighted by atomic mass is 19.1. The van der Waals surface area contributed by atoms with E-state index in [4.69, 9.17) is 0 Å². The van der Waals surface area contributed by atoms with Gasteiger partial charge >= 0.3 is 0 Å². The number of aromatic nitrogens is 2. The van der Waals surface area contributed by atoms with Crippen LogP contribution in [0, 0.1) is 23.0 Å². The first-order chi connectivity index (χ1) is 10.1. The molecule has 0 bridgehead atoms. The number of anilines is 2. The maximum atomic E-state index is 13.2. The molecule has 0 spiro atoms. The molecule has 0 amide bonds. The van der Waals surface area contributed by atoms with Crippen molar-refractivity contribution in [2.45, 2.75) is 26.7 Å². The van der Waals surface area contributed by atoms with Gasteiger partial charge in [0.1, 0.15) is 23.3 Å². The first-order valence-corrected chi connectivity index (χ1v) is 6.60. The molecular weight excluding hydrogens is 274 g/mol. The molecule has 0 radical (unpaired) electrons. The zero-order valence-electron chi connectivity index (χ0n) is 11.7. The number of nitriles is 1. The van der Waals surface area contributed by atoms with Crippen molar-refractivity contribution in [3.63, 3.8) is 0 Å². The van der Waals surface area contributed by atoms with Crippen molar-refractivity contribution in [3.05, 3.63) is 46.7 Å². The Morgan fingerprint density at radius 1 is 1.10 bits per heavy atom. The monoisotopic (exact) mass is 288 g/mol. The highest BCUT2D eigenvalue weighted by Gasteiger charge is 2.14. The lowest BCUT2D eigenvalue weighted by Crippen LogP contribution is -2.07. The molecule has 21 heavy (non-hydrogen) atoms. The van der Waals surface area contributed by atoms with Gasteiger partial charge in [-0.1, -0.05) is 13.8 Å². The van der Waals surface area contributed by atoms with Gasteiger partial charge in [-0.05, 0) is 30.5 Å². The van der Waals surface area contributed by atoms with E-state index in [2.05, 4.69) is 21.6 Å². The second-order valence-corrected chi connectivity index (χ2v) is 4.45. The standard InChI is InChI=1S/C15H14F2N4/c1-3-12-13(8-18)15(21-20-14(12)4-2)19-11-6-9(16)5-10(17)7-11/h5-7H,3-4H2,1-2H3,(H,19,21). The van der Waals surface area contributed by atoms with Crippen LogP contribution in [0.5, 0.6) is 0 Å². The highest BCUT2D eigenvalue weighted by Crippen LogP contribution is 2.24. The van der Waals surface area contributed by atoms with Gasteiger partial charge in [-0.15, -0.1) is 5.10 Å². The molecule has 0 aliphatic rings. The molecule has 2 aromatic rings. The molecule has 0 fully saturated rings. The number of hydrogen-bond acceptors (Lipinski definition) is 4. The van der Waals surface area contributed by atoms with Gasteiger partial charge in [0.05, 0.1) is 5.69 Å². The van der Waals surface area contributed by atoms with E-state index in [0.717, 1.165) is 29.5 Å². The Bertz CT molecular complexity index is 687. The molecule has 1 N–H and O–H groups in total. The van der Waals surface area contributed by atoms with Crippen LogP contribution in [0.1, 0.15) is 30.7 Å². The predicted octanol–water partition coefficient (Wildman–Crippen LogP) is 3.49. The van der Waals surface area contributed by atoms with Crippen LogP contribution in [0.4, 0.5) is 20.3 Å². The first kappa shape index (κ1) is 14.9. The van der Waals surface area contributed by atoms with E-state index in [1.165, 1.54) is 0 Å². The average molecular weight is 288 g/mol. The summed E-state index contributed by atoms with van der Waals surface area (Å²) in [6.45, 7) is 3.85. The maximum absolute atomic E-state index is 13.2. The molecule has 2 rings (SSSR count).